The normalized spacial score (nSPS) is 10.2. The predicted octanol–water partition coefficient (Wildman–Crippen LogP) is 2.05. The molecule has 1 aromatic heterocycles. The van der Waals surface area contributed by atoms with Gasteiger partial charge in [-0.05, 0) is 12.1 Å². The van der Waals surface area contributed by atoms with E-state index in [0.717, 1.165) is 5.39 Å². The monoisotopic (exact) mass is 277 g/mol. The Hall–Kier alpha value is -2.50. The predicted molar refractivity (Wildman–Crippen MR) is 72.7 cm³/mol. The first kappa shape index (κ1) is 13.9. The number of hydrogen-bond donors (Lipinski definition) is 0. The molecule has 2 aromatic rings. The Labute approximate surface area is 116 Å². The first-order chi connectivity index (χ1) is 9.65. The quantitative estimate of drug-likeness (QED) is 0.797. The first-order valence-electron chi connectivity index (χ1n) is 5.84. The molecule has 0 radical (unpaired) electrons. The van der Waals surface area contributed by atoms with E-state index in [1.807, 2.05) is 0 Å². The van der Waals surface area contributed by atoms with Crippen molar-refractivity contribution in [1.29, 1.82) is 0 Å². The van der Waals surface area contributed by atoms with Crippen LogP contribution in [0.4, 0.5) is 0 Å². The zero-order valence-electron chi connectivity index (χ0n) is 11.7. The fraction of sp³-hybridized carbons (Fsp3) is 0.286. The molecule has 1 heterocycles. The second kappa shape index (κ2) is 5.64. The molecule has 6 heteroatoms. The number of carbonyl (C=O) groups is 1. The maximum Gasteiger partial charge on any atom is 0.356 e. The lowest BCUT2D eigenvalue weighted by Crippen LogP contribution is -2.04. The zero-order valence-corrected chi connectivity index (χ0v) is 11.7. The summed E-state index contributed by atoms with van der Waals surface area (Å²) in [7, 11) is 5.89. The van der Waals surface area contributed by atoms with Crippen LogP contribution in [0.5, 0.6) is 17.2 Å². The number of ether oxygens (including phenoxy) is 4. The van der Waals surface area contributed by atoms with E-state index in [0.29, 0.717) is 22.8 Å². The van der Waals surface area contributed by atoms with E-state index >= 15 is 0 Å². The van der Waals surface area contributed by atoms with Crippen LogP contribution in [0.2, 0.25) is 0 Å². The highest BCUT2D eigenvalue weighted by Gasteiger charge is 2.18. The van der Waals surface area contributed by atoms with Crippen molar-refractivity contribution in [3.05, 3.63) is 23.9 Å². The SMILES string of the molecule is COC(=O)c1ccc2c(OC)c(OC)c(OC)cc2n1. The summed E-state index contributed by atoms with van der Waals surface area (Å²) in [6, 6.07) is 4.99. The van der Waals surface area contributed by atoms with Gasteiger partial charge in [-0.3, -0.25) is 0 Å². The number of hydrogen-bond acceptors (Lipinski definition) is 6. The van der Waals surface area contributed by atoms with Gasteiger partial charge in [0.05, 0.1) is 34.0 Å². The number of nitrogens with zero attached hydrogens (tertiary/aromatic N) is 1. The van der Waals surface area contributed by atoms with Crippen molar-refractivity contribution in [2.45, 2.75) is 0 Å². The van der Waals surface area contributed by atoms with Gasteiger partial charge >= 0.3 is 5.97 Å². The Kier molecular flexibility index (Phi) is 3.93. The summed E-state index contributed by atoms with van der Waals surface area (Å²) in [4.78, 5) is 15.8. The number of aromatic nitrogens is 1. The van der Waals surface area contributed by atoms with Gasteiger partial charge in [-0.1, -0.05) is 0 Å². The largest absolute Gasteiger partial charge is 0.493 e. The molecule has 0 aliphatic carbocycles. The van der Waals surface area contributed by atoms with Crippen LogP contribution in [0.15, 0.2) is 18.2 Å². The fourth-order valence-electron chi connectivity index (χ4n) is 1.97. The van der Waals surface area contributed by atoms with Crippen molar-refractivity contribution in [2.75, 3.05) is 28.4 Å². The Morgan fingerprint density at radius 1 is 1.00 bits per heavy atom. The minimum Gasteiger partial charge on any atom is -0.493 e. The minimum absolute atomic E-state index is 0.217. The molecule has 0 spiro atoms. The van der Waals surface area contributed by atoms with Crippen LogP contribution in [-0.4, -0.2) is 39.4 Å². The van der Waals surface area contributed by atoms with Crippen molar-refractivity contribution in [1.82, 2.24) is 4.98 Å². The molecule has 20 heavy (non-hydrogen) atoms. The third-order valence-corrected chi connectivity index (χ3v) is 2.89. The van der Waals surface area contributed by atoms with Gasteiger partial charge in [-0.15, -0.1) is 0 Å². The summed E-state index contributed by atoms with van der Waals surface area (Å²) in [6.07, 6.45) is 0. The summed E-state index contributed by atoms with van der Waals surface area (Å²) in [5.41, 5.74) is 0.775. The smallest absolute Gasteiger partial charge is 0.356 e. The van der Waals surface area contributed by atoms with Gasteiger partial charge in [0.25, 0.3) is 0 Å². The summed E-state index contributed by atoms with van der Waals surface area (Å²) >= 11 is 0. The Morgan fingerprint density at radius 3 is 2.25 bits per heavy atom. The van der Waals surface area contributed by atoms with Gasteiger partial charge in [0, 0.05) is 11.5 Å². The van der Waals surface area contributed by atoms with E-state index < -0.39 is 5.97 Å². The lowest BCUT2D eigenvalue weighted by atomic mass is 10.1. The Morgan fingerprint density at radius 2 is 1.70 bits per heavy atom. The van der Waals surface area contributed by atoms with Gasteiger partial charge in [0.15, 0.2) is 11.5 Å². The molecule has 2 rings (SSSR count). The molecule has 6 nitrogen and oxygen atoms in total. The molecule has 0 amide bonds. The molecule has 0 N–H and O–H groups in total. The van der Waals surface area contributed by atoms with Crippen LogP contribution in [0.1, 0.15) is 10.5 Å². The average molecular weight is 277 g/mol. The number of carbonyl (C=O) groups excluding carboxylic acids is 1. The third kappa shape index (κ3) is 2.20. The number of methoxy groups -OCH3 is 4. The van der Waals surface area contributed by atoms with E-state index in [2.05, 4.69) is 9.72 Å². The van der Waals surface area contributed by atoms with E-state index in [9.17, 15) is 4.79 Å². The lowest BCUT2D eigenvalue weighted by Gasteiger charge is -2.14. The standard InChI is InChI=1S/C14H15NO5/c1-17-11-7-10-8(12(18-2)13(11)19-3)5-6-9(15-10)14(16)20-4/h5-7H,1-4H3. The third-order valence-electron chi connectivity index (χ3n) is 2.89. The van der Waals surface area contributed by atoms with Crippen LogP contribution >= 0.6 is 0 Å². The van der Waals surface area contributed by atoms with Crippen molar-refractivity contribution in [3.63, 3.8) is 0 Å². The Balaban J connectivity index is 2.74. The lowest BCUT2D eigenvalue weighted by molar-refractivity contribution is 0.0594. The van der Waals surface area contributed by atoms with Gasteiger partial charge in [0.2, 0.25) is 5.75 Å². The van der Waals surface area contributed by atoms with Crippen molar-refractivity contribution >= 4 is 16.9 Å². The molecule has 0 unspecified atom stereocenters. The van der Waals surface area contributed by atoms with E-state index in [4.69, 9.17) is 14.2 Å². The average Bonchev–Trinajstić information content (AvgIpc) is 2.51. The van der Waals surface area contributed by atoms with Gasteiger partial charge in [-0.25, -0.2) is 9.78 Å². The van der Waals surface area contributed by atoms with Crippen molar-refractivity contribution in [2.24, 2.45) is 0 Å². The molecule has 0 atom stereocenters. The molecular weight excluding hydrogens is 262 g/mol. The summed E-state index contributed by atoms with van der Waals surface area (Å²) in [5.74, 6) is 0.966. The molecule has 0 aliphatic heterocycles. The minimum atomic E-state index is -0.499. The maximum atomic E-state index is 11.5. The van der Waals surface area contributed by atoms with Gasteiger partial charge in [0.1, 0.15) is 5.69 Å². The van der Waals surface area contributed by atoms with Crippen LogP contribution in [0.3, 0.4) is 0 Å². The summed E-state index contributed by atoms with van der Waals surface area (Å²) < 4.78 is 20.6. The second-order valence-electron chi connectivity index (χ2n) is 3.90. The number of benzene rings is 1. The number of fused-ring (bicyclic) bond motifs is 1. The van der Waals surface area contributed by atoms with Gasteiger partial charge < -0.3 is 18.9 Å². The highest BCUT2D eigenvalue weighted by atomic mass is 16.5. The second-order valence-corrected chi connectivity index (χ2v) is 3.90. The van der Waals surface area contributed by atoms with E-state index in [-0.39, 0.29) is 5.69 Å². The molecule has 0 saturated heterocycles. The molecule has 0 aliphatic rings. The number of esters is 1. The van der Waals surface area contributed by atoms with Crippen LogP contribution < -0.4 is 14.2 Å². The Bertz CT molecular complexity index is 654. The highest BCUT2D eigenvalue weighted by molar-refractivity contribution is 5.95. The molecule has 0 bridgehead atoms. The molecule has 0 fully saturated rings. The van der Waals surface area contributed by atoms with Crippen LogP contribution in [0.25, 0.3) is 10.9 Å². The van der Waals surface area contributed by atoms with E-state index in [1.54, 1.807) is 18.2 Å². The van der Waals surface area contributed by atoms with Crippen LogP contribution in [-0.2, 0) is 4.74 Å². The molecular formula is C14H15NO5. The maximum absolute atomic E-state index is 11.5. The first-order valence-corrected chi connectivity index (χ1v) is 5.84. The van der Waals surface area contributed by atoms with Gasteiger partial charge in [-0.2, -0.15) is 0 Å². The molecule has 1 aromatic carbocycles. The van der Waals surface area contributed by atoms with Crippen molar-refractivity contribution in [3.8, 4) is 17.2 Å². The van der Waals surface area contributed by atoms with E-state index in [1.165, 1.54) is 28.4 Å². The topological polar surface area (TPSA) is 66.9 Å². The van der Waals surface area contributed by atoms with Crippen molar-refractivity contribution < 1.29 is 23.7 Å². The zero-order chi connectivity index (χ0) is 14.7. The molecule has 106 valence electrons. The number of rotatable bonds is 4. The summed E-state index contributed by atoms with van der Waals surface area (Å²) in [5, 5.41) is 0.720. The molecule has 0 saturated carbocycles. The number of pyridine rings is 1. The van der Waals surface area contributed by atoms with Crippen LogP contribution in [0, 0.1) is 0 Å². The summed E-state index contributed by atoms with van der Waals surface area (Å²) in [6.45, 7) is 0. The fourth-order valence-corrected chi connectivity index (χ4v) is 1.97. The highest BCUT2D eigenvalue weighted by Crippen LogP contribution is 2.42.